The highest BCUT2D eigenvalue weighted by Crippen LogP contribution is 2.36. The van der Waals surface area contributed by atoms with Crippen LogP contribution in [0.3, 0.4) is 0 Å². The number of halogens is 1. The highest BCUT2D eigenvalue weighted by molar-refractivity contribution is 7.07. The van der Waals surface area contributed by atoms with E-state index in [1.54, 1.807) is 43.3 Å². The van der Waals surface area contributed by atoms with Gasteiger partial charge in [-0.25, -0.2) is 14.6 Å². The maximum atomic E-state index is 14.2. The van der Waals surface area contributed by atoms with Crippen LogP contribution in [0.4, 0.5) is 0 Å². The molecule has 0 bridgehead atoms. The molecule has 0 unspecified atom stereocenters. The zero-order valence-corrected chi connectivity index (χ0v) is 27.3. The summed E-state index contributed by atoms with van der Waals surface area (Å²) in [4.78, 5) is 45.6. The molecule has 0 fully saturated rings. The number of esters is 2. The number of fused-ring (bicyclic) bond motifs is 1. The average Bonchev–Trinajstić information content (AvgIpc) is 3.68. The molecule has 3 aromatic carbocycles. The maximum Gasteiger partial charge on any atom is 0.338 e. The van der Waals surface area contributed by atoms with Crippen molar-refractivity contribution in [3.63, 3.8) is 0 Å². The Morgan fingerprint density at radius 2 is 1.74 bits per heavy atom. The van der Waals surface area contributed by atoms with Crippen molar-refractivity contribution in [2.24, 2.45) is 4.99 Å². The molecule has 0 amide bonds. The molecular formula is C36H29ClN2O7S. The lowest BCUT2D eigenvalue weighted by atomic mass is 9.93. The number of hydrogen-bond acceptors (Lipinski definition) is 9. The van der Waals surface area contributed by atoms with E-state index < -0.39 is 18.0 Å². The average molecular weight is 669 g/mol. The van der Waals surface area contributed by atoms with Crippen molar-refractivity contribution in [3.8, 4) is 17.1 Å². The summed E-state index contributed by atoms with van der Waals surface area (Å²) in [5, 5.41) is 0.417. The normalized spacial score (nSPS) is 14.4. The first-order valence-corrected chi connectivity index (χ1v) is 16.0. The SMILES string of the molecule is CCOC(=O)C1=C(c2ccccc2)N=c2s/c(=C\c3ccc(-c4cc(Cl)ccc4C(=O)OC)o3)c(=O)n2[C@H]1c1ccc(OCC)cc1. The van der Waals surface area contributed by atoms with Crippen molar-refractivity contribution < 1.29 is 28.2 Å². The second kappa shape index (κ2) is 13.7. The van der Waals surface area contributed by atoms with Crippen LogP contribution >= 0.6 is 22.9 Å². The van der Waals surface area contributed by atoms with E-state index in [4.69, 9.17) is 35.2 Å². The minimum Gasteiger partial charge on any atom is -0.494 e. The lowest BCUT2D eigenvalue weighted by Crippen LogP contribution is -2.40. The number of nitrogens with zero attached hydrogens (tertiary/aromatic N) is 2. The predicted octanol–water partition coefficient (Wildman–Crippen LogP) is 6.03. The van der Waals surface area contributed by atoms with Crippen LogP contribution in [-0.2, 0) is 14.3 Å². The van der Waals surface area contributed by atoms with Gasteiger partial charge < -0.3 is 18.6 Å². The van der Waals surface area contributed by atoms with Gasteiger partial charge in [0.2, 0.25) is 0 Å². The minimum absolute atomic E-state index is 0.149. The van der Waals surface area contributed by atoms with Crippen molar-refractivity contribution >= 4 is 46.6 Å². The lowest BCUT2D eigenvalue weighted by Gasteiger charge is -2.26. The monoisotopic (exact) mass is 668 g/mol. The van der Waals surface area contributed by atoms with Gasteiger partial charge in [0, 0.05) is 22.2 Å². The van der Waals surface area contributed by atoms with Crippen LogP contribution in [0.5, 0.6) is 5.75 Å². The van der Waals surface area contributed by atoms with Crippen molar-refractivity contribution in [1.29, 1.82) is 0 Å². The van der Waals surface area contributed by atoms with Crippen molar-refractivity contribution in [1.82, 2.24) is 4.57 Å². The summed E-state index contributed by atoms with van der Waals surface area (Å²) in [6.07, 6.45) is 1.61. The Labute approximate surface area is 278 Å². The lowest BCUT2D eigenvalue weighted by molar-refractivity contribution is -0.138. The molecule has 0 radical (unpaired) electrons. The van der Waals surface area contributed by atoms with E-state index in [2.05, 4.69) is 0 Å². The van der Waals surface area contributed by atoms with E-state index in [-0.39, 0.29) is 23.3 Å². The van der Waals surface area contributed by atoms with E-state index >= 15 is 0 Å². The largest absolute Gasteiger partial charge is 0.494 e. The first kappa shape index (κ1) is 31.8. The highest BCUT2D eigenvalue weighted by Gasteiger charge is 2.35. The predicted molar refractivity (Wildman–Crippen MR) is 179 cm³/mol. The van der Waals surface area contributed by atoms with E-state index in [0.29, 0.717) is 60.6 Å². The Morgan fingerprint density at radius 1 is 0.979 bits per heavy atom. The molecule has 11 heteroatoms. The van der Waals surface area contributed by atoms with Gasteiger partial charge in [0.15, 0.2) is 4.80 Å². The van der Waals surface area contributed by atoms with Crippen LogP contribution in [-0.4, -0.2) is 36.8 Å². The third kappa shape index (κ3) is 6.30. The Bertz CT molecular complexity index is 2180. The molecule has 1 atom stereocenters. The Morgan fingerprint density at radius 3 is 2.45 bits per heavy atom. The number of ether oxygens (including phenoxy) is 3. The number of aromatic nitrogens is 1. The number of rotatable bonds is 9. The first-order chi connectivity index (χ1) is 22.8. The Hall–Kier alpha value is -5.19. The molecule has 0 N–H and O–H groups in total. The number of thiazole rings is 1. The highest BCUT2D eigenvalue weighted by atomic mass is 35.5. The number of furan rings is 1. The fourth-order valence-electron chi connectivity index (χ4n) is 5.38. The summed E-state index contributed by atoms with van der Waals surface area (Å²) >= 11 is 7.40. The number of hydrogen-bond donors (Lipinski definition) is 0. The summed E-state index contributed by atoms with van der Waals surface area (Å²) in [5.41, 5.74) is 2.44. The second-order valence-corrected chi connectivity index (χ2v) is 11.8. The van der Waals surface area contributed by atoms with Gasteiger partial charge in [0.1, 0.15) is 17.3 Å². The third-order valence-corrected chi connectivity index (χ3v) is 8.65. The molecule has 6 rings (SSSR count). The molecule has 0 saturated carbocycles. The fraction of sp³-hybridized carbons (Fsp3) is 0.167. The third-order valence-electron chi connectivity index (χ3n) is 7.43. The molecule has 47 heavy (non-hydrogen) atoms. The van der Waals surface area contributed by atoms with Crippen LogP contribution in [0, 0.1) is 0 Å². The van der Waals surface area contributed by atoms with Gasteiger partial charge in [-0.15, -0.1) is 0 Å². The number of benzene rings is 3. The van der Waals surface area contributed by atoms with E-state index in [1.165, 1.54) is 23.0 Å². The quantitative estimate of drug-likeness (QED) is 0.176. The second-order valence-electron chi connectivity index (χ2n) is 10.3. The molecule has 1 aliphatic heterocycles. The molecule has 1 aliphatic rings. The van der Waals surface area contributed by atoms with Gasteiger partial charge >= 0.3 is 11.9 Å². The van der Waals surface area contributed by atoms with Gasteiger partial charge in [0.25, 0.3) is 5.56 Å². The Balaban J connectivity index is 1.53. The Kier molecular flexibility index (Phi) is 9.24. The zero-order valence-electron chi connectivity index (χ0n) is 25.7. The summed E-state index contributed by atoms with van der Waals surface area (Å²) in [5.74, 6) is 0.296. The van der Waals surface area contributed by atoms with Crippen molar-refractivity contribution in [2.75, 3.05) is 20.3 Å². The van der Waals surface area contributed by atoms with Crippen LogP contribution in [0.2, 0.25) is 5.02 Å². The number of carbonyl (C=O) groups is 2. The summed E-state index contributed by atoms with van der Waals surface area (Å²) in [6.45, 7) is 4.28. The molecule has 238 valence electrons. The summed E-state index contributed by atoms with van der Waals surface area (Å²) in [6, 6.07) is 23.9. The topological polar surface area (TPSA) is 109 Å². The van der Waals surface area contributed by atoms with E-state index in [1.807, 2.05) is 61.5 Å². The number of methoxy groups -OCH3 is 1. The van der Waals surface area contributed by atoms with Gasteiger partial charge in [-0.3, -0.25) is 9.36 Å². The van der Waals surface area contributed by atoms with Crippen molar-refractivity contribution in [2.45, 2.75) is 19.9 Å². The van der Waals surface area contributed by atoms with Gasteiger partial charge in [-0.1, -0.05) is 65.4 Å². The molecule has 3 heterocycles. The van der Waals surface area contributed by atoms with E-state index in [0.717, 1.165) is 0 Å². The molecule has 5 aromatic rings. The molecular weight excluding hydrogens is 640 g/mol. The van der Waals surface area contributed by atoms with Gasteiger partial charge in [-0.2, -0.15) is 0 Å². The van der Waals surface area contributed by atoms with Crippen LogP contribution in [0.1, 0.15) is 47.1 Å². The fourth-order valence-corrected chi connectivity index (χ4v) is 6.53. The summed E-state index contributed by atoms with van der Waals surface area (Å²) in [7, 11) is 1.30. The molecule has 0 aliphatic carbocycles. The zero-order chi connectivity index (χ0) is 33.1. The minimum atomic E-state index is -0.834. The van der Waals surface area contributed by atoms with Crippen LogP contribution in [0.15, 0.2) is 105 Å². The van der Waals surface area contributed by atoms with Crippen LogP contribution in [0.25, 0.3) is 23.1 Å². The first-order valence-electron chi connectivity index (χ1n) is 14.8. The molecule has 0 saturated heterocycles. The van der Waals surface area contributed by atoms with Gasteiger partial charge in [-0.05, 0) is 61.9 Å². The molecule has 0 spiro atoms. The standard InChI is InChI=1S/C36H29ClN2O7S/c1-4-44-24-14-11-22(12-15-24)32-30(35(42)45-5-2)31(21-9-7-6-8-10-21)38-36-39(32)33(40)29(47-36)20-25-16-18-28(46-25)27-19-23(37)13-17-26(27)34(41)43-3/h6-20,32H,4-5H2,1-3H3/b29-20-/t32-/m0/s1. The smallest absolute Gasteiger partial charge is 0.338 e. The molecule has 2 aromatic heterocycles. The van der Waals surface area contributed by atoms with Gasteiger partial charge in [0.05, 0.1) is 47.7 Å². The van der Waals surface area contributed by atoms with Crippen molar-refractivity contribution in [3.05, 3.63) is 138 Å². The number of carbonyl (C=O) groups excluding carboxylic acids is 2. The van der Waals surface area contributed by atoms with Crippen LogP contribution < -0.4 is 19.6 Å². The molecule has 9 nitrogen and oxygen atoms in total. The summed E-state index contributed by atoms with van der Waals surface area (Å²) < 4.78 is 24.0. The van der Waals surface area contributed by atoms with E-state index in [9.17, 15) is 14.4 Å². The maximum absolute atomic E-state index is 14.2.